The fourth-order valence-electron chi connectivity index (χ4n) is 1.43. The van der Waals surface area contributed by atoms with E-state index >= 15 is 0 Å². The van der Waals surface area contributed by atoms with Gasteiger partial charge in [-0.2, -0.15) is 0 Å². The fraction of sp³-hybridized carbons (Fsp3) is 0.300. The molecule has 0 saturated heterocycles. The van der Waals surface area contributed by atoms with Crippen LogP contribution in [-0.4, -0.2) is 18.7 Å². The summed E-state index contributed by atoms with van der Waals surface area (Å²) in [5.74, 6) is 0.557. The Bertz CT molecular complexity index is 380. The van der Waals surface area contributed by atoms with Gasteiger partial charge in [-0.15, -0.1) is 11.8 Å². The Balaban J connectivity index is 2.48. The molecule has 1 amide bonds. The van der Waals surface area contributed by atoms with E-state index in [4.69, 9.17) is 0 Å². The molecule has 1 aromatic carbocycles. The number of benzene rings is 1. The van der Waals surface area contributed by atoms with Gasteiger partial charge in [-0.05, 0) is 18.2 Å². The summed E-state index contributed by atoms with van der Waals surface area (Å²) < 4.78 is 12.9. The molecular weight excluding hydrogens is 201 g/mol. The summed E-state index contributed by atoms with van der Waals surface area (Å²) in [6.45, 7) is 0. The van der Waals surface area contributed by atoms with Crippen molar-refractivity contribution in [1.82, 2.24) is 0 Å². The predicted octanol–water partition coefficient (Wildman–Crippen LogP) is 2.28. The van der Waals surface area contributed by atoms with Crippen molar-refractivity contribution in [3.63, 3.8) is 0 Å². The molecule has 74 valence electrons. The average molecular weight is 211 g/mol. The molecule has 0 radical (unpaired) electrons. The highest BCUT2D eigenvalue weighted by atomic mass is 32.2. The lowest BCUT2D eigenvalue weighted by Gasteiger charge is -2.16. The maximum atomic E-state index is 12.9. The molecule has 1 aliphatic rings. The van der Waals surface area contributed by atoms with Crippen LogP contribution < -0.4 is 4.90 Å². The number of hydrogen-bond acceptors (Lipinski definition) is 2. The first-order valence-corrected chi connectivity index (χ1v) is 5.36. The van der Waals surface area contributed by atoms with Gasteiger partial charge in [-0.3, -0.25) is 4.79 Å². The van der Waals surface area contributed by atoms with Crippen LogP contribution in [0, 0.1) is 5.82 Å². The highest BCUT2D eigenvalue weighted by Gasteiger charge is 2.19. The summed E-state index contributed by atoms with van der Waals surface area (Å²) in [5.41, 5.74) is 0.805. The SMILES string of the molecule is CN1C(=O)CCSc2cc(F)ccc21. The summed E-state index contributed by atoms with van der Waals surface area (Å²) >= 11 is 1.53. The zero-order valence-electron chi connectivity index (χ0n) is 7.79. The molecule has 1 aliphatic heterocycles. The number of fused-ring (bicyclic) bond motifs is 1. The number of carbonyl (C=O) groups excluding carboxylic acids is 1. The molecule has 0 N–H and O–H groups in total. The van der Waals surface area contributed by atoms with Gasteiger partial charge in [0.15, 0.2) is 0 Å². The molecule has 0 fully saturated rings. The number of amides is 1. The van der Waals surface area contributed by atoms with Crippen LogP contribution in [0.1, 0.15) is 6.42 Å². The highest BCUT2D eigenvalue weighted by Crippen LogP contribution is 2.33. The van der Waals surface area contributed by atoms with Crippen molar-refractivity contribution < 1.29 is 9.18 Å². The van der Waals surface area contributed by atoms with Gasteiger partial charge in [0.2, 0.25) is 5.91 Å². The Labute approximate surface area is 86.1 Å². The summed E-state index contributed by atoms with van der Waals surface area (Å²) in [4.78, 5) is 13.9. The Morgan fingerprint density at radius 3 is 3.07 bits per heavy atom. The van der Waals surface area contributed by atoms with Gasteiger partial charge in [0.25, 0.3) is 0 Å². The van der Waals surface area contributed by atoms with Crippen molar-refractivity contribution in [2.75, 3.05) is 17.7 Å². The van der Waals surface area contributed by atoms with Crippen molar-refractivity contribution in [3.05, 3.63) is 24.0 Å². The van der Waals surface area contributed by atoms with E-state index < -0.39 is 0 Å². The van der Waals surface area contributed by atoms with Crippen LogP contribution >= 0.6 is 11.8 Å². The molecule has 2 nitrogen and oxygen atoms in total. The summed E-state index contributed by atoms with van der Waals surface area (Å²) in [7, 11) is 1.73. The Hall–Kier alpha value is -1.03. The number of rotatable bonds is 0. The fourth-order valence-corrected chi connectivity index (χ4v) is 2.48. The molecule has 0 atom stereocenters. The maximum Gasteiger partial charge on any atom is 0.227 e. The first-order valence-electron chi connectivity index (χ1n) is 4.37. The second kappa shape index (κ2) is 3.61. The molecule has 14 heavy (non-hydrogen) atoms. The number of anilines is 1. The number of hydrogen-bond donors (Lipinski definition) is 0. The minimum Gasteiger partial charge on any atom is -0.314 e. The van der Waals surface area contributed by atoms with E-state index in [0.717, 1.165) is 16.3 Å². The van der Waals surface area contributed by atoms with Crippen molar-refractivity contribution in [1.29, 1.82) is 0 Å². The van der Waals surface area contributed by atoms with Crippen LogP contribution in [0.5, 0.6) is 0 Å². The number of halogens is 1. The Morgan fingerprint density at radius 1 is 1.50 bits per heavy atom. The van der Waals surface area contributed by atoms with Crippen LogP contribution in [0.2, 0.25) is 0 Å². The molecule has 0 aromatic heterocycles. The van der Waals surface area contributed by atoms with Crippen molar-refractivity contribution >= 4 is 23.4 Å². The molecule has 0 spiro atoms. The van der Waals surface area contributed by atoms with E-state index in [9.17, 15) is 9.18 Å². The molecule has 1 aromatic rings. The standard InChI is InChI=1S/C10H10FNOS/c1-12-8-3-2-7(11)6-9(8)14-5-4-10(12)13/h2-3,6H,4-5H2,1H3. The highest BCUT2D eigenvalue weighted by molar-refractivity contribution is 7.99. The topological polar surface area (TPSA) is 20.3 Å². The van der Waals surface area contributed by atoms with E-state index in [-0.39, 0.29) is 11.7 Å². The van der Waals surface area contributed by atoms with E-state index in [0.29, 0.717) is 6.42 Å². The van der Waals surface area contributed by atoms with Gasteiger partial charge in [-0.1, -0.05) is 0 Å². The zero-order chi connectivity index (χ0) is 10.1. The van der Waals surface area contributed by atoms with Crippen LogP contribution in [0.3, 0.4) is 0 Å². The summed E-state index contributed by atoms with van der Waals surface area (Å²) in [5, 5.41) is 0. The van der Waals surface area contributed by atoms with E-state index in [1.54, 1.807) is 18.0 Å². The number of thioether (sulfide) groups is 1. The minimum absolute atomic E-state index is 0.0860. The number of carbonyl (C=O) groups is 1. The van der Waals surface area contributed by atoms with Crippen LogP contribution in [-0.2, 0) is 4.79 Å². The van der Waals surface area contributed by atoms with E-state index in [2.05, 4.69) is 0 Å². The maximum absolute atomic E-state index is 12.9. The van der Waals surface area contributed by atoms with E-state index in [1.807, 2.05) is 0 Å². The third kappa shape index (κ3) is 1.62. The van der Waals surface area contributed by atoms with Crippen LogP contribution in [0.4, 0.5) is 10.1 Å². The van der Waals surface area contributed by atoms with Gasteiger partial charge in [0.1, 0.15) is 5.82 Å². The first-order chi connectivity index (χ1) is 6.68. The summed E-state index contributed by atoms with van der Waals surface area (Å²) in [6, 6.07) is 4.52. The Morgan fingerprint density at radius 2 is 2.29 bits per heavy atom. The minimum atomic E-state index is -0.251. The molecule has 0 aliphatic carbocycles. The zero-order valence-corrected chi connectivity index (χ0v) is 8.60. The lowest BCUT2D eigenvalue weighted by Crippen LogP contribution is -2.25. The lowest BCUT2D eigenvalue weighted by atomic mass is 10.2. The van der Waals surface area contributed by atoms with Crippen LogP contribution in [0.25, 0.3) is 0 Å². The molecule has 4 heteroatoms. The van der Waals surface area contributed by atoms with E-state index in [1.165, 1.54) is 23.9 Å². The number of nitrogens with zero attached hydrogens (tertiary/aromatic N) is 1. The summed E-state index contributed by atoms with van der Waals surface area (Å²) in [6.07, 6.45) is 0.511. The lowest BCUT2D eigenvalue weighted by molar-refractivity contribution is -0.117. The van der Waals surface area contributed by atoms with Gasteiger partial charge in [0, 0.05) is 24.1 Å². The quantitative estimate of drug-likeness (QED) is 0.656. The molecule has 1 heterocycles. The van der Waals surface area contributed by atoms with Gasteiger partial charge >= 0.3 is 0 Å². The van der Waals surface area contributed by atoms with Crippen molar-refractivity contribution in [2.45, 2.75) is 11.3 Å². The molecule has 0 bridgehead atoms. The van der Waals surface area contributed by atoms with Gasteiger partial charge < -0.3 is 4.90 Å². The predicted molar refractivity (Wildman–Crippen MR) is 55.2 cm³/mol. The molecular formula is C10H10FNOS. The third-order valence-electron chi connectivity index (χ3n) is 2.23. The molecule has 0 saturated carbocycles. The second-order valence-electron chi connectivity index (χ2n) is 3.16. The van der Waals surface area contributed by atoms with Crippen LogP contribution in [0.15, 0.2) is 23.1 Å². The monoisotopic (exact) mass is 211 g/mol. The first kappa shape index (κ1) is 9.52. The molecule has 2 rings (SSSR count). The molecule has 0 unspecified atom stereocenters. The van der Waals surface area contributed by atoms with Crippen molar-refractivity contribution in [3.8, 4) is 0 Å². The average Bonchev–Trinajstić information content (AvgIpc) is 2.28. The smallest absolute Gasteiger partial charge is 0.227 e. The third-order valence-corrected chi connectivity index (χ3v) is 3.28. The van der Waals surface area contributed by atoms with Crippen molar-refractivity contribution in [2.24, 2.45) is 0 Å². The largest absolute Gasteiger partial charge is 0.314 e. The normalized spacial score (nSPS) is 16.4. The van der Waals surface area contributed by atoms with Gasteiger partial charge in [-0.25, -0.2) is 4.39 Å². The van der Waals surface area contributed by atoms with Gasteiger partial charge in [0.05, 0.1) is 5.69 Å². The second-order valence-corrected chi connectivity index (χ2v) is 4.30. The Kier molecular flexibility index (Phi) is 2.46.